The topological polar surface area (TPSA) is 73.3 Å². The molecule has 0 amide bonds. The zero-order valence-electron chi connectivity index (χ0n) is 10.8. The van der Waals surface area contributed by atoms with Crippen molar-refractivity contribution < 1.29 is 13.7 Å². The van der Waals surface area contributed by atoms with E-state index in [2.05, 4.69) is 15.5 Å². The summed E-state index contributed by atoms with van der Waals surface area (Å²) in [7, 11) is 3.54. The lowest BCUT2D eigenvalue weighted by molar-refractivity contribution is 0.165. The second-order valence-corrected chi connectivity index (χ2v) is 4.09. The summed E-state index contributed by atoms with van der Waals surface area (Å²) in [6.45, 7) is 2.53. The first-order valence-electron chi connectivity index (χ1n) is 5.78. The van der Waals surface area contributed by atoms with Gasteiger partial charge in [-0.15, -0.1) is 0 Å². The lowest BCUT2D eigenvalue weighted by atomic mass is 10.2. The number of methoxy groups -OCH3 is 1. The van der Waals surface area contributed by atoms with Gasteiger partial charge in [-0.25, -0.2) is 0 Å². The highest BCUT2D eigenvalue weighted by Crippen LogP contribution is 2.21. The maximum Gasteiger partial charge on any atom is 0.238 e. The van der Waals surface area contributed by atoms with E-state index in [1.807, 2.05) is 20.0 Å². The van der Waals surface area contributed by atoms with Crippen LogP contribution in [0.25, 0.3) is 11.6 Å². The monoisotopic (exact) mass is 251 g/mol. The second kappa shape index (κ2) is 5.79. The van der Waals surface area contributed by atoms with Gasteiger partial charge in [-0.3, -0.25) is 0 Å². The summed E-state index contributed by atoms with van der Waals surface area (Å²) in [4.78, 5) is 4.32. The van der Waals surface area contributed by atoms with E-state index >= 15 is 0 Å². The summed E-state index contributed by atoms with van der Waals surface area (Å²) in [6.07, 6.45) is 2.24. The standard InChI is InChI=1S/C12H17N3O3/c1-8-4-5-17-11(8)12-14-10(18-15-12)6-9(13-2)7-16-3/h4-5,9,13H,6-7H2,1-3H3. The molecule has 1 N–H and O–H groups in total. The molecule has 0 fully saturated rings. The van der Waals surface area contributed by atoms with E-state index in [1.165, 1.54) is 0 Å². The van der Waals surface area contributed by atoms with Crippen molar-refractivity contribution in [1.29, 1.82) is 0 Å². The molecule has 1 unspecified atom stereocenters. The summed E-state index contributed by atoms with van der Waals surface area (Å²) in [5, 5.41) is 7.05. The largest absolute Gasteiger partial charge is 0.461 e. The lowest BCUT2D eigenvalue weighted by Gasteiger charge is -2.11. The van der Waals surface area contributed by atoms with Crippen molar-refractivity contribution in [2.45, 2.75) is 19.4 Å². The first-order valence-corrected chi connectivity index (χ1v) is 5.78. The van der Waals surface area contributed by atoms with Crippen LogP contribution in [0.3, 0.4) is 0 Å². The zero-order valence-corrected chi connectivity index (χ0v) is 10.8. The highest BCUT2D eigenvalue weighted by molar-refractivity contribution is 5.50. The van der Waals surface area contributed by atoms with Gasteiger partial charge in [0.25, 0.3) is 0 Å². The van der Waals surface area contributed by atoms with Gasteiger partial charge < -0.3 is 19.0 Å². The Morgan fingerprint density at radius 1 is 1.50 bits per heavy atom. The van der Waals surface area contributed by atoms with Crippen LogP contribution in [0.15, 0.2) is 21.3 Å². The lowest BCUT2D eigenvalue weighted by Crippen LogP contribution is -2.32. The molecule has 0 aliphatic carbocycles. The van der Waals surface area contributed by atoms with Gasteiger partial charge in [0.05, 0.1) is 12.9 Å². The van der Waals surface area contributed by atoms with E-state index in [4.69, 9.17) is 13.7 Å². The quantitative estimate of drug-likeness (QED) is 0.837. The molecule has 1 atom stereocenters. The van der Waals surface area contributed by atoms with Crippen LogP contribution in [0.4, 0.5) is 0 Å². The molecule has 98 valence electrons. The fraction of sp³-hybridized carbons (Fsp3) is 0.500. The minimum absolute atomic E-state index is 0.154. The van der Waals surface area contributed by atoms with Gasteiger partial charge in [-0.1, -0.05) is 5.16 Å². The molecule has 2 aromatic heterocycles. The van der Waals surface area contributed by atoms with Crippen molar-refractivity contribution in [3.8, 4) is 11.6 Å². The third kappa shape index (κ3) is 2.77. The third-order valence-corrected chi connectivity index (χ3v) is 2.73. The predicted molar refractivity (Wildman–Crippen MR) is 65.2 cm³/mol. The minimum atomic E-state index is 0.154. The van der Waals surface area contributed by atoms with Crippen LogP contribution < -0.4 is 5.32 Å². The number of rotatable bonds is 6. The summed E-state index contributed by atoms with van der Waals surface area (Å²) < 4.78 is 15.6. The van der Waals surface area contributed by atoms with Crippen LogP contribution in [0, 0.1) is 6.92 Å². The van der Waals surface area contributed by atoms with Gasteiger partial charge in [0.1, 0.15) is 0 Å². The van der Waals surface area contributed by atoms with Gasteiger partial charge in [-0.2, -0.15) is 4.98 Å². The molecule has 0 radical (unpaired) electrons. The van der Waals surface area contributed by atoms with Crippen LogP contribution >= 0.6 is 0 Å². The van der Waals surface area contributed by atoms with Gasteiger partial charge in [-0.05, 0) is 25.6 Å². The Morgan fingerprint density at radius 3 is 2.94 bits per heavy atom. The molecule has 2 heterocycles. The number of hydrogen-bond donors (Lipinski definition) is 1. The van der Waals surface area contributed by atoms with E-state index in [0.717, 1.165) is 5.56 Å². The van der Waals surface area contributed by atoms with Crippen molar-refractivity contribution in [2.75, 3.05) is 20.8 Å². The van der Waals surface area contributed by atoms with Crippen molar-refractivity contribution in [1.82, 2.24) is 15.5 Å². The number of aryl methyl sites for hydroxylation is 1. The Kier molecular flexibility index (Phi) is 4.11. The molecule has 0 bridgehead atoms. The highest BCUT2D eigenvalue weighted by atomic mass is 16.5. The molecular weight excluding hydrogens is 234 g/mol. The Balaban J connectivity index is 2.09. The molecule has 0 spiro atoms. The van der Waals surface area contributed by atoms with Gasteiger partial charge >= 0.3 is 0 Å². The molecule has 0 aliphatic heterocycles. The number of likely N-dealkylation sites (N-methyl/N-ethyl adjacent to an activating group) is 1. The maximum atomic E-state index is 5.32. The number of nitrogens with one attached hydrogen (secondary N) is 1. The Bertz CT molecular complexity index is 492. The van der Waals surface area contributed by atoms with Crippen LogP contribution in [-0.4, -0.2) is 36.9 Å². The zero-order chi connectivity index (χ0) is 13.0. The Hall–Kier alpha value is -1.66. The molecule has 0 aliphatic rings. The number of ether oxygens (including phenoxy) is 1. The number of nitrogens with zero attached hydrogens (tertiary/aromatic N) is 2. The average Bonchev–Trinajstić information content (AvgIpc) is 2.97. The molecule has 0 aromatic carbocycles. The smallest absolute Gasteiger partial charge is 0.238 e. The van der Waals surface area contributed by atoms with Crippen LogP contribution in [0.5, 0.6) is 0 Å². The summed E-state index contributed by atoms with van der Waals surface area (Å²) in [5.41, 5.74) is 0.990. The van der Waals surface area contributed by atoms with Crippen molar-refractivity contribution in [3.63, 3.8) is 0 Å². The normalized spacial score (nSPS) is 12.8. The van der Waals surface area contributed by atoms with E-state index in [9.17, 15) is 0 Å². The van der Waals surface area contributed by atoms with Crippen molar-refractivity contribution in [3.05, 3.63) is 23.8 Å². The van der Waals surface area contributed by atoms with Gasteiger partial charge in [0.2, 0.25) is 11.7 Å². The minimum Gasteiger partial charge on any atom is -0.461 e. The molecule has 18 heavy (non-hydrogen) atoms. The predicted octanol–water partition coefficient (Wildman–Crippen LogP) is 1.41. The molecule has 0 saturated carbocycles. The molecule has 2 aromatic rings. The van der Waals surface area contributed by atoms with Gasteiger partial charge in [0, 0.05) is 19.6 Å². The number of furan rings is 1. The number of aromatic nitrogens is 2. The molecule has 6 nitrogen and oxygen atoms in total. The van der Waals surface area contributed by atoms with E-state index in [-0.39, 0.29) is 6.04 Å². The average molecular weight is 251 g/mol. The van der Waals surface area contributed by atoms with E-state index in [1.54, 1.807) is 13.4 Å². The summed E-state index contributed by atoms with van der Waals surface area (Å²) in [5.74, 6) is 1.70. The number of hydrogen-bond acceptors (Lipinski definition) is 6. The van der Waals surface area contributed by atoms with Crippen molar-refractivity contribution >= 4 is 0 Å². The van der Waals surface area contributed by atoms with Crippen molar-refractivity contribution in [2.24, 2.45) is 0 Å². The van der Waals surface area contributed by atoms with Crippen LogP contribution in [0.1, 0.15) is 11.5 Å². The fourth-order valence-corrected chi connectivity index (χ4v) is 1.69. The fourth-order valence-electron chi connectivity index (χ4n) is 1.69. The van der Waals surface area contributed by atoms with Crippen LogP contribution in [-0.2, 0) is 11.2 Å². The van der Waals surface area contributed by atoms with E-state index in [0.29, 0.717) is 30.5 Å². The summed E-state index contributed by atoms with van der Waals surface area (Å²) >= 11 is 0. The van der Waals surface area contributed by atoms with Crippen LogP contribution in [0.2, 0.25) is 0 Å². The Morgan fingerprint density at radius 2 is 2.33 bits per heavy atom. The first-order chi connectivity index (χ1) is 8.74. The third-order valence-electron chi connectivity index (χ3n) is 2.73. The SMILES string of the molecule is CNC(COC)Cc1nc(-c2occc2C)no1. The van der Waals surface area contributed by atoms with E-state index < -0.39 is 0 Å². The molecular formula is C12H17N3O3. The highest BCUT2D eigenvalue weighted by Gasteiger charge is 2.16. The second-order valence-electron chi connectivity index (χ2n) is 4.09. The van der Waals surface area contributed by atoms with Gasteiger partial charge in [0.15, 0.2) is 5.76 Å². The Labute approximate surface area is 105 Å². The molecule has 0 saturated heterocycles. The first kappa shape index (κ1) is 12.8. The molecule has 6 heteroatoms. The summed E-state index contributed by atoms with van der Waals surface area (Å²) in [6, 6.07) is 2.02. The molecule has 2 rings (SSSR count). The maximum absolute atomic E-state index is 5.32.